The molecule has 2 amide bonds. The minimum absolute atomic E-state index is 0.200. The fourth-order valence-electron chi connectivity index (χ4n) is 5.44. The molecular weight excluding hydrogens is 509 g/mol. The first-order chi connectivity index (χ1) is 16.1. The van der Waals surface area contributed by atoms with Crippen molar-refractivity contribution in [1.29, 1.82) is 0 Å². The Hall–Kier alpha value is -2.73. The van der Waals surface area contributed by atoms with Gasteiger partial charge in [0.25, 0.3) is 0 Å². The second-order valence-corrected chi connectivity index (χ2v) is 11.9. The van der Waals surface area contributed by atoms with Crippen LogP contribution in [0.15, 0.2) is 41.4 Å². The Morgan fingerprint density at radius 3 is 2.53 bits per heavy atom. The molecule has 1 radical (unpaired) electrons. The molecular formula is C27H24N3O2SSe. The van der Waals surface area contributed by atoms with Crippen LogP contribution in [0, 0.1) is 19.8 Å². The van der Waals surface area contributed by atoms with Gasteiger partial charge in [-0.25, -0.2) is 0 Å². The molecule has 4 heterocycles. The number of amides is 2. The fraction of sp³-hybridized carbons (Fsp3) is 0.296. The molecule has 0 saturated heterocycles. The maximum atomic E-state index is 12.9. The van der Waals surface area contributed by atoms with E-state index < -0.39 is 5.92 Å². The average Bonchev–Trinajstić information content (AvgIpc) is 3.33. The van der Waals surface area contributed by atoms with Gasteiger partial charge in [0.05, 0.1) is 0 Å². The first-order valence-corrected chi connectivity index (χ1v) is 13.0. The van der Waals surface area contributed by atoms with Crippen LogP contribution in [0.5, 0.6) is 0 Å². The Morgan fingerprint density at radius 2 is 1.76 bits per heavy atom. The standard InChI is InChI=1S/C27H24N3O2SSe/c1-13-6-7-21-16(8-13)17-9-14(2)10-19-22(17)30(21)25-20(27(19,3)4)12-15(33-25)11-18-23(31)28-26(34)29(5)24(18)32/h6-10,12,18H,11H2,1-5H3. The number of benzene rings is 2. The molecule has 2 aromatic heterocycles. The molecule has 0 aliphatic carbocycles. The zero-order chi connectivity index (χ0) is 24.1. The Bertz CT molecular complexity index is 1610. The van der Waals surface area contributed by atoms with Crippen LogP contribution in [0.2, 0.25) is 0 Å². The summed E-state index contributed by atoms with van der Waals surface area (Å²) in [6.45, 7) is 8.85. The summed E-state index contributed by atoms with van der Waals surface area (Å²) in [4.78, 5) is 32.0. The Balaban J connectivity index is 1.58. The van der Waals surface area contributed by atoms with E-state index in [0.717, 1.165) is 4.88 Å². The van der Waals surface area contributed by atoms with Crippen molar-refractivity contribution in [2.75, 3.05) is 7.05 Å². The number of aliphatic imine (C=N–C) groups is 1. The van der Waals surface area contributed by atoms with Crippen LogP contribution in [-0.4, -0.2) is 49.1 Å². The van der Waals surface area contributed by atoms with Gasteiger partial charge in [-0.2, -0.15) is 0 Å². The molecule has 6 rings (SSSR count). The molecule has 2 aliphatic rings. The number of aromatic nitrogens is 1. The van der Waals surface area contributed by atoms with Crippen molar-refractivity contribution in [3.63, 3.8) is 0 Å². The Kier molecular flexibility index (Phi) is 4.57. The van der Waals surface area contributed by atoms with E-state index in [0.29, 0.717) is 11.2 Å². The quantitative estimate of drug-likeness (QED) is 0.275. The third-order valence-corrected chi connectivity index (χ3v) is 9.21. The van der Waals surface area contributed by atoms with E-state index in [2.05, 4.69) is 89.7 Å². The molecule has 0 bridgehead atoms. The number of aryl methyl sites for hydroxylation is 2. The normalized spacial score (nSPS) is 19.1. The van der Waals surface area contributed by atoms with Crippen LogP contribution in [-0.2, 0) is 21.4 Å². The number of carbonyl (C=O) groups is 2. The minimum atomic E-state index is -0.779. The van der Waals surface area contributed by atoms with Crippen molar-refractivity contribution in [2.45, 2.75) is 39.5 Å². The van der Waals surface area contributed by atoms with Crippen molar-refractivity contribution < 1.29 is 9.59 Å². The van der Waals surface area contributed by atoms with E-state index in [4.69, 9.17) is 0 Å². The third kappa shape index (κ3) is 2.87. The molecule has 4 aromatic rings. The number of thiophene rings is 1. The van der Waals surface area contributed by atoms with E-state index in [1.165, 1.54) is 54.0 Å². The predicted molar refractivity (Wildman–Crippen MR) is 138 cm³/mol. The van der Waals surface area contributed by atoms with E-state index >= 15 is 0 Å². The van der Waals surface area contributed by atoms with Gasteiger partial charge in [-0.3, -0.25) is 0 Å². The van der Waals surface area contributed by atoms with Crippen molar-refractivity contribution in [2.24, 2.45) is 10.9 Å². The zero-order valence-electron chi connectivity index (χ0n) is 19.7. The molecule has 5 nitrogen and oxygen atoms in total. The summed E-state index contributed by atoms with van der Waals surface area (Å²) in [5.74, 6) is -1.35. The second-order valence-electron chi connectivity index (χ2n) is 10.0. The van der Waals surface area contributed by atoms with E-state index in [1.54, 1.807) is 18.4 Å². The van der Waals surface area contributed by atoms with Gasteiger partial charge in [0.15, 0.2) is 0 Å². The van der Waals surface area contributed by atoms with Gasteiger partial charge in [0, 0.05) is 0 Å². The summed E-state index contributed by atoms with van der Waals surface area (Å²) in [5, 5.41) is 3.72. The van der Waals surface area contributed by atoms with Crippen LogP contribution >= 0.6 is 11.3 Å². The maximum absolute atomic E-state index is 12.9. The van der Waals surface area contributed by atoms with Gasteiger partial charge < -0.3 is 0 Å². The summed E-state index contributed by atoms with van der Waals surface area (Å²) in [7, 11) is 1.66. The summed E-state index contributed by atoms with van der Waals surface area (Å²) >= 11 is 4.39. The van der Waals surface area contributed by atoms with Gasteiger partial charge in [-0.1, -0.05) is 5.56 Å². The third-order valence-electron chi connectivity index (χ3n) is 7.30. The van der Waals surface area contributed by atoms with Gasteiger partial charge in [-0.05, 0) is 13.8 Å². The van der Waals surface area contributed by atoms with Gasteiger partial charge in [0.2, 0.25) is 0 Å². The number of nitrogens with zero attached hydrogens (tertiary/aromatic N) is 3. The molecule has 2 aliphatic heterocycles. The molecule has 0 spiro atoms. The molecule has 34 heavy (non-hydrogen) atoms. The van der Waals surface area contributed by atoms with Crippen LogP contribution < -0.4 is 0 Å². The van der Waals surface area contributed by atoms with Crippen molar-refractivity contribution >= 4 is 65.7 Å². The topological polar surface area (TPSA) is 54.7 Å². The molecule has 1 unspecified atom stereocenters. The van der Waals surface area contributed by atoms with E-state index in [-0.39, 0.29) is 17.2 Å². The number of rotatable bonds is 2. The van der Waals surface area contributed by atoms with Crippen molar-refractivity contribution in [3.05, 3.63) is 63.5 Å². The summed E-state index contributed by atoms with van der Waals surface area (Å²) in [5.41, 5.74) is 7.30. The first kappa shape index (κ1) is 21.8. The molecule has 1 atom stereocenters. The molecule has 0 N–H and O–H groups in total. The molecule has 171 valence electrons. The average molecular weight is 534 g/mol. The van der Waals surface area contributed by atoms with Crippen LogP contribution in [0.1, 0.15) is 41.0 Å². The summed E-state index contributed by atoms with van der Waals surface area (Å²) < 4.78 is 2.72. The van der Waals surface area contributed by atoms with Gasteiger partial charge in [-0.15, -0.1) is 0 Å². The predicted octanol–water partition coefficient (Wildman–Crippen LogP) is 4.78. The SMILES string of the molecule is Cc1ccc2c(c1)c1cc(C)cc3c1n2-c1sc(CC2C(=O)N=C([Se])N(C)C2=O)cc1C3(C)C. The van der Waals surface area contributed by atoms with Crippen molar-refractivity contribution in [3.8, 4) is 5.00 Å². The Morgan fingerprint density at radius 1 is 1.03 bits per heavy atom. The molecule has 7 heteroatoms. The van der Waals surface area contributed by atoms with Gasteiger partial charge >= 0.3 is 191 Å². The number of fused-ring (bicyclic) bond motifs is 5. The second kappa shape index (κ2) is 7.14. The first-order valence-electron chi connectivity index (χ1n) is 11.3. The molecule has 2 aromatic carbocycles. The van der Waals surface area contributed by atoms with E-state index in [9.17, 15) is 9.59 Å². The molecule has 0 fully saturated rings. The fourth-order valence-corrected chi connectivity index (χ4v) is 7.20. The summed E-state index contributed by atoms with van der Waals surface area (Å²) in [6, 6.07) is 13.5. The number of amidine groups is 1. The zero-order valence-corrected chi connectivity index (χ0v) is 22.3. The van der Waals surface area contributed by atoms with Gasteiger partial charge in [0.1, 0.15) is 0 Å². The summed E-state index contributed by atoms with van der Waals surface area (Å²) in [6.07, 6.45) is 0.364. The molecule has 0 saturated carbocycles. The monoisotopic (exact) mass is 534 g/mol. The Labute approximate surface area is 210 Å². The number of carbonyl (C=O) groups excluding carboxylic acids is 2. The van der Waals surface area contributed by atoms with Crippen LogP contribution in [0.25, 0.3) is 26.8 Å². The van der Waals surface area contributed by atoms with Crippen molar-refractivity contribution in [1.82, 2.24) is 9.47 Å². The number of hydrogen-bond acceptors (Lipinski definition) is 3. The number of hydrogen-bond donors (Lipinski definition) is 0. The van der Waals surface area contributed by atoms with Crippen LogP contribution in [0.4, 0.5) is 0 Å². The van der Waals surface area contributed by atoms with Crippen LogP contribution in [0.3, 0.4) is 0 Å². The van der Waals surface area contributed by atoms with E-state index in [1.807, 2.05) is 0 Å².